The highest BCUT2D eigenvalue weighted by atomic mass is 32.2. The average Bonchev–Trinajstić information content (AvgIpc) is 3.06. The number of carbonyl (C=O) groups is 2. The van der Waals surface area contributed by atoms with Gasteiger partial charge in [0.2, 0.25) is 0 Å². The highest BCUT2D eigenvalue weighted by Crippen LogP contribution is 2.35. The van der Waals surface area contributed by atoms with Gasteiger partial charge in [-0.2, -0.15) is 5.26 Å². The predicted molar refractivity (Wildman–Crippen MR) is 120 cm³/mol. The van der Waals surface area contributed by atoms with Gasteiger partial charge in [-0.1, -0.05) is 18.2 Å². The Bertz CT molecular complexity index is 1060. The standard InChI is InChI=1S/C23H22N2O6S/c1-3-29-20-14-16(8-9-19(20)30-12-10-24)15-21-22(26)25(23(27)32-21)11-13-31-18-7-5-4-6-17(18)28-2/h4-9,14-15H,3,11-13H2,1-2H3/b21-15-. The third kappa shape index (κ3) is 5.53. The van der Waals surface area contributed by atoms with E-state index in [1.165, 1.54) is 0 Å². The van der Waals surface area contributed by atoms with Gasteiger partial charge in [0.15, 0.2) is 29.6 Å². The van der Waals surface area contributed by atoms with Crippen LogP contribution in [0, 0.1) is 11.3 Å². The number of methoxy groups -OCH3 is 1. The van der Waals surface area contributed by atoms with E-state index >= 15 is 0 Å². The Kier molecular flexibility index (Phi) is 8.00. The molecule has 0 atom stereocenters. The molecule has 0 unspecified atom stereocenters. The quantitative estimate of drug-likeness (QED) is 0.495. The van der Waals surface area contributed by atoms with Crippen molar-refractivity contribution in [1.29, 1.82) is 5.26 Å². The number of amides is 2. The fourth-order valence-corrected chi connectivity index (χ4v) is 3.81. The van der Waals surface area contributed by atoms with Crippen LogP contribution < -0.4 is 18.9 Å². The molecule has 1 heterocycles. The lowest BCUT2D eigenvalue weighted by molar-refractivity contribution is -0.123. The van der Waals surface area contributed by atoms with E-state index in [1.807, 2.05) is 25.1 Å². The number of hydrogen-bond acceptors (Lipinski definition) is 8. The zero-order valence-corrected chi connectivity index (χ0v) is 18.5. The molecule has 1 aliphatic rings. The zero-order valence-electron chi connectivity index (χ0n) is 17.7. The molecule has 2 aromatic carbocycles. The molecule has 2 aromatic rings. The molecule has 0 N–H and O–H groups in total. The first kappa shape index (κ1) is 23.0. The van der Waals surface area contributed by atoms with Gasteiger partial charge in [-0.15, -0.1) is 0 Å². The van der Waals surface area contributed by atoms with Crippen molar-refractivity contribution >= 4 is 29.0 Å². The number of nitrogens with zero attached hydrogens (tertiary/aromatic N) is 2. The van der Waals surface area contributed by atoms with E-state index in [4.69, 9.17) is 24.2 Å². The highest BCUT2D eigenvalue weighted by Gasteiger charge is 2.34. The topological polar surface area (TPSA) is 98.1 Å². The number of benzene rings is 2. The van der Waals surface area contributed by atoms with Crippen LogP contribution in [0.2, 0.25) is 0 Å². The highest BCUT2D eigenvalue weighted by molar-refractivity contribution is 8.18. The third-order valence-electron chi connectivity index (χ3n) is 4.37. The maximum absolute atomic E-state index is 12.7. The number of carbonyl (C=O) groups excluding carboxylic acids is 2. The van der Waals surface area contributed by atoms with Gasteiger partial charge < -0.3 is 18.9 Å². The molecule has 3 rings (SSSR count). The Hall–Kier alpha value is -3.64. The van der Waals surface area contributed by atoms with Gasteiger partial charge in [-0.3, -0.25) is 14.5 Å². The SMILES string of the molecule is CCOc1cc(/C=C2\SC(=O)N(CCOc3ccccc3OC)C2=O)ccc1OCC#N. The van der Waals surface area contributed by atoms with E-state index < -0.39 is 0 Å². The van der Waals surface area contributed by atoms with Crippen molar-refractivity contribution in [3.05, 3.63) is 52.9 Å². The smallest absolute Gasteiger partial charge is 0.293 e. The summed E-state index contributed by atoms with van der Waals surface area (Å²) in [6.07, 6.45) is 1.63. The summed E-state index contributed by atoms with van der Waals surface area (Å²) >= 11 is 0.871. The molecule has 2 amide bonds. The van der Waals surface area contributed by atoms with Crippen LogP contribution >= 0.6 is 11.8 Å². The average molecular weight is 455 g/mol. The second-order valence-electron chi connectivity index (χ2n) is 6.42. The Morgan fingerprint density at radius 3 is 2.50 bits per heavy atom. The van der Waals surface area contributed by atoms with E-state index in [0.29, 0.717) is 40.1 Å². The Labute approximate surface area is 190 Å². The van der Waals surface area contributed by atoms with Crippen LogP contribution in [0.5, 0.6) is 23.0 Å². The second-order valence-corrected chi connectivity index (χ2v) is 7.41. The number of hydrogen-bond donors (Lipinski definition) is 0. The summed E-state index contributed by atoms with van der Waals surface area (Å²) in [5.41, 5.74) is 0.675. The molecule has 0 saturated carbocycles. The lowest BCUT2D eigenvalue weighted by Crippen LogP contribution is -2.32. The summed E-state index contributed by atoms with van der Waals surface area (Å²) in [6.45, 7) is 2.40. The molecule has 9 heteroatoms. The maximum Gasteiger partial charge on any atom is 0.293 e. The summed E-state index contributed by atoms with van der Waals surface area (Å²) in [6, 6.07) is 14.2. The van der Waals surface area contributed by atoms with Crippen LogP contribution in [0.3, 0.4) is 0 Å². The normalized spacial score (nSPS) is 14.4. The minimum Gasteiger partial charge on any atom is -0.493 e. The van der Waals surface area contributed by atoms with Gasteiger partial charge in [0.1, 0.15) is 12.7 Å². The fourth-order valence-electron chi connectivity index (χ4n) is 2.94. The Balaban J connectivity index is 1.68. The molecule has 1 saturated heterocycles. The lowest BCUT2D eigenvalue weighted by Gasteiger charge is -2.14. The van der Waals surface area contributed by atoms with Crippen LogP contribution in [-0.2, 0) is 4.79 Å². The summed E-state index contributed by atoms with van der Waals surface area (Å²) < 4.78 is 21.8. The third-order valence-corrected chi connectivity index (χ3v) is 5.28. The van der Waals surface area contributed by atoms with E-state index in [9.17, 15) is 9.59 Å². The van der Waals surface area contributed by atoms with Crippen molar-refractivity contribution in [1.82, 2.24) is 4.90 Å². The van der Waals surface area contributed by atoms with Gasteiger partial charge in [0.25, 0.3) is 11.1 Å². The zero-order chi connectivity index (χ0) is 22.9. The van der Waals surface area contributed by atoms with Crippen LogP contribution in [0.25, 0.3) is 6.08 Å². The molecule has 32 heavy (non-hydrogen) atoms. The number of para-hydroxylation sites is 2. The van der Waals surface area contributed by atoms with E-state index in [2.05, 4.69) is 0 Å². The molecule has 0 bridgehead atoms. The molecule has 166 valence electrons. The van der Waals surface area contributed by atoms with Crippen LogP contribution in [0.1, 0.15) is 12.5 Å². The minimum atomic E-state index is -0.383. The van der Waals surface area contributed by atoms with Gasteiger partial charge in [-0.25, -0.2) is 0 Å². The van der Waals surface area contributed by atoms with Gasteiger partial charge in [0, 0.05) is 0 Å². The molecule has 0 aromatic heterocycles. The summed E-state index contributed by atoms with van der Waals surface area (Å²) in [7, 11) is 1.54. The van der Waals surface area contributed by atoms with E-state index in [-0.39, 0.29) is 30.9 Å². The molecule has 1 aliphatic heterocycles. The number of imide groups is 1. The first-order valence-electron chi connectivity index (χ1n) is 9.85. The number of nitriles is 1. The minimum absolute atomic E-state index is 0.102. The predicted octanol–water partition coefficient (Wildman–Crippen LogP) is 4.11. The van der Waals surface area contributed by atoms with E-state index in [0.717, 1.165) is 16.7 Å². The molecule has 0 radical (unpaired) electrons. The van der Waals surface area contributed by atoms with Crippen molar-refractivity contribution in [3.8, 4) is 29.1 Å². The van der Waals surface area contributed by atoms with Crippen LogP contribution in [0.4, 0.5) is 4.79 Å². The fraction of sp³-hybridized carbons (Fsp3) is 0.261. The molecular weight excluding hydrogens is 432 g/mol. The largest absolute Gasteiger partial charge is 0.493 e. The van der Waals surface area contributed by atoms with Crippen LogP contribution in [-0.4, -0.2) is 49.5 Å². The summed E-state index contributed by atoms with van der Waals surface area (Å²) in [5.74, 6) is 1.63. The molecular formula is C23H22N2O6S. The second kappa shape index (κ2) is 11.1. The maximum atomic E-state index is 12.7. The molecule has 0 spiro atoms. The van der Waals surface area contributed by atoms with Crippen molar-refractivity contribution in [3.63, 3.8) is 0 Å². The Morgan fingerprint density at radius 1 is 1.03 bits per heavy atom. The van der Waals surface area contributed by atoms with Crippen molar-refractivity contribution in [2.24, 2.45) is 0 Å². The first-order chi connectivity index (χ1) is 15.6. The first-order valence-corrected chi connectivity index (χ1v) is 10.7. The van der Waals surface area contributed by atoms with Crippen LogP contribution in [0.15, 0.2) is 47.4 Å². The molecule has 8 nitrogen and oxygen atoms in total. The molecule has 0 aliphatic carbocycles. The Morgan fingerprint density at radius 2 is 1.78 bits per heavy atom. The van der Waals surface area contributed by atoms with Gasteiger partial charge >= 0.3 is 0 Å². The van der Waals surface area contributed by atoms with Crippen molar-refractivity contribution in [2.45, 2.75) is 6.92 Å². The summed E-state index contributed by atoms with van der Waals surface area (Å²) in [5, 5.41) is 8.35. The number of ether oxygens (including phenoxy) is 4. The summed E-state index contributed by atoms with van der Waals surface area (Å²) in [4.78, 5) is 26.6. The number of rotatable bonds is 10. The van der Waals surface area contributed by atoms with Gasteiger partial charge in [0.05, 0.1) is 25.2 Å². The van der Waals surface area contributed by atoms with Gasteiger partial charge in [-0.05, 0) is 54.6 Å². The lowest BCUT2D eigenvalue weighted by atomic mass is 10.2. The van der Waals surface area contributed by atoms with E-state index in [1.54, 1.807) is 43.5 Å². The van der Waals surface area contributed by atoms with Crippen molar-refractivity contribution in [2.75, 3.05) is 33.5 Å². The molecule has 1 fully saturated rings. The van der Waals surface area contributed by atoms with Crippen molar-refractivity contribution < 1.29 is 28.5 Å². The monoisotopic (exact) mass is 454 g/mol. The number of thioether (sulfide) groups is 1.